The molecule has 1 aliphatic rings. The highest BCUT2D eigenvalue weighted by Crippen LogP contribution is 2.25. The number of hydrogen-bond donors (Lipinski definition) is 2. The number of nitrogens with zero attached hydrogens (tertiary/aromatic N) is 2. The van der Waals surface area contributed by atoms with Gasteiger partial charge < -0.3 is 10.6 Å². The van der Waals surface area contributed by atoms with E-state index in [1.54, 1.807) is 6.07 Å². The lowest BCUT2D eigenvalue weighted by Crippen LogP contribution is -2.20. The van der Waals surface area contributed by atoms with E-state index in [2.05, 4.69) is 22.0 Å². The van der Waals surface area contributed by atoms with Crippen LogP contribution in [-0.4, -0.2) is 34.7 Å². The molecular formula is C10H16N4O. The zero-order valence-corrected chi connectivity index (χ0v) is 8.86. The largest absolute Gasteiger partial charge is 0.394 e. The first-order valence-corrected chi connectivity index (χ1v) is 5.28. The van der Waals surface area contributed by atoms with E-state index < -0.39 is 0 Å². The molecule has 0 radical (unpaired) electrons. The SMILES string of the molecule is CCN1CCC(c2cc(N)c(=O)[nH]n2)C1. The molecule has 1 saturated heterocycles. The Morgan fingerprint density at radius 2 is 2.53 bits per heavy atom. The number of nitrogens with one attached hydrogen (secondary N) is 1. The highest BCUT2D eigenvalue weighted by Gasteiger charge is 2.24. The van der Waals surface area contributed by atoms with Gasteiger partial charge in [-0.2, -0.15) is 5.10 Å². The highest BCUT2D eigenvalue weighted by atomic mass is 16.1. The van der Waals surface area contributed by atoms with Gasteiger partial charge in [-0.15, -0.1) is 0 Å². The van der Waals surface area contributed by atoms with Crippen molar-refractivity contribution in [1.29, 1.82) is 0 Å². The molecule has 1 atom stereocenters. The van der Waals surface area contributed by atoms with Gasteiger partial charge in [-0.05, 0) is 25.6 Å². The van der Waals surface area contributed by atoms with Crippen molar-refractivity contribution in [1.82, 2.24) is 15.1 Å². The zero-order chi connectivity index (χ0) is 10.8. The van der Waals surface area contributed by atoms with Gasteiger partial charge in [-0.25, -0.2) is 5.10 Å². The standard InChI is InChI=1S/C10H16N4O/c1-2-14-4-3-7(6-14)9-5-8(11)10(15)13-12-9/h5,7H,2-4,6H2,1H3,(H2,11,12)(H,13,15). The van der Waals surface area contributed by atoms with Crippen LogP contribution < -0.4 is 11.3 Å². The van der Waals surface area contributed by atoms with E-state index >= 15 is 0 Å². The monoisotopic (exact) mass is 208 g/mol. The summed E-state index contributed by atoms with van der Waals surface area (Å²) in [6.07, 6.45) is 1.09. The van der Waals surface area contributed by atoms with E-state index in [9.17, 15) is 4.79 Å². The van der Waals surface area contributed by atoms with Crippen molar-refractivity contribution >= 4 is 5.69 Å². The number of likely N-dealkylation sites (tertiary alicyclic amines) is 1. The first-order chi connectivity index (χ1) is 7.20. The fraction of sp³-hybridized carbons (Fsp3) is 0.600. The zero-order valence-electron chi connectivity index (χ0n) is 8.86. The Kier molecular flexibility index (Phi) is 2.73. The van der Waals surface area contributed by atoms with E-state index in [1.807, 2.05) is 0 Å². The van der Waals surface area contributed by atoms with Gasteiger partial charge in [0.2, 0.25) is 0 Å². The Bertz CT molecular complexity index is 401. The normalized spacial score (nSPS) is 22.1. The number of nitrogens with two attached hydrogens (primary N) is 1. The summed E-state index contributed by atoms with van der Waals surface area (Å²) in [5.74, 6) is 0.407. The smallest absolute Gasteiger partial charge is 0.287 e. The molecule has 15 heavy (non-hydrogen) atoms. The van der Waals surface area contributed by atoms with Gasteiger partial charge in [0.25, 0.3) is 5.56 Å². The van der Waals surface area contributed by atoms with Crippen LogP contribution in [0.4, 0.5) is 5.69 Å². The molecule has 0 saturated carbocycles. The van der Waals surface area contributed by atoms with E-state index in [1.165, 1.54) is 0 Å². The molecule has 0 spiro atoms. The number of rotatable bonds is 2. The minimum atomic E-state index is -0.302. The van der Waals surface area contributed by atoms with E-state index in [-0.39, 0.29) is 11.2 Å². The highest BCUT2D eigenvalue weighted by molar-refractivity contribution is 5.36. The maximum atomic E-state index is 11.1. The molecule has 0 amide bonds. The van der Waals surface area contributed by atoms with Gasteiger partial charge in [0.1, 0.15) is 5.69 Å². The Morgan fingerprint density at radius 3 is 3.13 bits per heavy atom. The molecule has 2 rings (SSSR count). The molecule has 5 heteroatoms. The molecule has 82 valence electrons. The molecule has 2 heterocycles. The van der Waals surface area contributed by atoms with Crippen molar-refractivity contribution in [3.8, 4) is 0 Å². The van der Waals surface area contributed by atoms with E-state index in [4.69, 9.17) is 5.73 Å². The van der Waals surface area contributed by atoms with Crippen LogP contribution >= 0.6 is 0 Å². The number of aromatic nitrogens is 2. The summed E-state index contributed by atoms with van der Waals surface area (Å²) in [6.45, 7) is 5.32. The third-order valence-corrected chi connectivity index (χ3v) is 2.99. The van der Waals surface area contributed by atoms with Crippen molar-refractivity contribution in [2.75, 3.05) is 25.4 Å². The second-order valence-electron chi connectivity index (χ2n) is 3.96. The molecule has 1 aromatic heterocycles. The predicted molar refractivity (Wildman–Crippen MR) is 58.7 cm³/mol. The predicted octanol–water partition coefficient (Wildman–Crippen LogP) is 0.161. The lowest BCUT2D eigenvalue weighted by Gasteiger charge is -2.12. The molecular weight excluding hydrogens is 192 g/mol. The quantitative estimate of drug-likeness (QED) is 0.726. The third-order valence-electron chi connectivity index (χ3n) is 2.99. The molecule has 0 bridgehead atoms. The van der Waals surface area contributed by atoms with Crippen molar-refractivity contribution in [3.63, 3.8) is 0 Å². The van der Waals surface area contributed by atoms with Gasteiger partial charge in [0, 0.05) is 12.5 Å². The van der Waals surface area contributed by atoms with Gasteiger partial charge in [0.15, 0.2) is 0 Å². The first kappa shape index (κ1) is 10.2. The summed E-state index contributed by atoms with van der Waals surface area (Å²) in [5, 5.41) is 6.47. The average Bonchev–Trinajstić information content (AvgIpc) is 2.70. The molecule has 3 N–H and O–H groups in total. The van der Waals surface area contributed by atoms with Crippen LogP contribution in [0.1, 0.15) is 25.0 Å². The second kappa shape index (κ2) is 4.02. The Labute approximate surface area is 88.3 Å². The molecule has 5 nitrogen and oxygen atoms in total. The van der Waals surface area contributed by atoms with Crippen molar-refractivity contribution in [2.45, 2.75) is 19.3 Å². The van der Waals surface area contributed by atoms with Gasteiger partial charge >= 0.3 is 0 Å². The fourth-order valence-corrected chi connectivity index (χ4v) is 2.01. The minimum Gasteiger partial charge on any atom is -0.394 e. The summed E-state index contributed by atoms with van der Waals surface area (Å²) in [4.78, 5) is 13.4. The van der Waals surface area contributed by atoms with Gasteiger partial charge in [0.05, 0.1) is 5.69 Å². The Morgan fingerprint density at radius 1 is 1.73 bits per heavy atom. The topological polar surface area (TPSA) is 75.0 Å². The number of aromatic amines is 1. The lowest BCUT2D eigenvalue weighted by molar-refractivity contribution is 0.353. The lowest BCUT2D eigenvalue weighted by atomic mass is 10.0. The van der Waals surface area contributed by atoms with Crippen LogP contribution in [0.2, 0.25) is 0 Å². The summed E-state index contributed by atoms with van der Waals surface area (Å²) < 4.78 is 0. The van der Waals surface area contributed by atoms with E-state index in [0.29, 0.717) is 5.92 Å². The van der Waals surface area contributed by atoms with Crippen LogP contribution in [0.25, 0.3) is 0 Å². The number of anilines is 1. The number of likely N-dealkylation sites (N-methyl/N-ethyl adjacent to an activating group) is 1. The van der Waals surface area contributed by atoms with Crippen LogP contribution in [0, 0.1) is 0 Å². The summed E-state index contributed by atoms with van der Waals surface area (Å²) in [6, 6.07) is 1.70. The van der Waals surface area contributed by atoms with E-state index in [0.717, 1.165) is 31.7 Å². The van der Waals surface area contributed by atoms with Gasteiger partial charge in [-0.3, -0.25) is 4.79 Å². The number of hydrogen-bond acceptors (Lipinski definition) is 4. The second-order valence-corrected chi connectivity index (χ2v) is 3.96. The molecule has 1 aromatic rings. The number of H-pyrrole nitrogens is 1. The maximum absolute atomic E-state index is 11.1. The van der Waals surface area contributed by atoms with Crippen LogP contribution in [0.5, 0.6) is 0 Å². The Balaban J connectivity index is 2.17. The van der Waals surface area contributed by atoms with Gasteiger partial charge in [-0.1, -0.05) is 6.92 Å². The molecule has 1 unspecified atom stereocenters. The fourth-order valence-electron chi connectivity index (χ4n) is 2.01. The first-order valence-electron chi connectivity index (χ1n) is 5.28. The Hall–Kier alpha value is -1.36. The van der Waals surface area contributed by atoms with Crippen molar-refractivity contribution in [3.05, 3.63) is 22.1 Å². The number of nitrogen functional groups attached to an aromatic ring is 1. The van der Waals surface area contributed by atoms with Crippen LogP contribution in [0.3, 0.4) is 0 Å². The summed E-state index contributed by atoms with van der Waals surface area (Å²) >= 11 is 0. The molecule has 1 aliphatic heterocycles. The maximum Gasteiger partial charge on any atom is 0.287 e. The molecule has 0 aromatic carbocycles. The van der Waals surface area contributed by atoms with Crippen molar-refractivity contribution < 1.29 is 0 Å². The summed E-state index contributed by atoms with van der Waals surface area (Å²) in [7, 11) is 0. The summed E-state index contributed by atoms with van der Waals surface area (Å²) in [5.41, 5.74) is 6.42. The third kappa shape index (κ3) is 2.02. The average molecular weight is 208 g/mol. The van der Waals surface area contributed by atoms with Crippen molar-refractivity contribution in [2.24, 2.45) is 0 Å². The van der Waals surface area contributed by atoms with Crippen LogP contribution in [0.15, 0.2) is 10.9 Å². The minimum absolute atomic E-state index is 0.259. The van der Waals surface area contributed by atoms with Crippen LogP contribution in [-0.2, 0) is 0 Å². The molecule has 1 fully saturated rings. The molecule has 0 aliphatic carbocycles.